The monoisotopic (exact) mass is 533 g/mol. The molecule has 0 saturated heterocycles. The first-order valence-electron chi connectivity index (χ1n) is 13.1. The molecular weight excluding hydrogens is 501 g/mol. The minimum Gasteiger partial charge on any atom is -0.490 e. The molecule has 8 nitrogen and oxygen atoms in total. The largest absolute Gasteiger partial charge is 0.490 e. The van der Waals surface area contributed by atoms with Crippen molar-refractivity contribution in [2.45, 2.75) is 46.6 Å². The van der Waals surface area contributed by atoms with Crippen LogP contribution in [0.5, 0.6) is 17.2 Å². The molecule has 204 valence electrons. The number of nitrogens with one attached hydrogen (secondary N) is 1. The Morgan fingerprint density at radius 1 is 1.10 bits per heavy atom. The normalized spacial score (nSPS) is 14.4. The van der Waals surface area contributed by atoms with Gasteiger partial charge in [-0.25, -0.2) is 4.39 Å². The number of benzene rings is 2. The fraction of sp³-hybridized carbons (Fsp3) is 0.367. The predicted octanol–water partition coefficient (Wildman–Crippen LogP) is 5.31. The van der Waals surface area contributed by atoms with Crippen molar-refractivity contribution in [3.63, 3.8) is 0 Å². The molecule has 0 bridgehead atoms. The summed E-state index contributed by atoms with van der Waals surface area (Å²) < 4.78 is 34.1. The van der Waals surface area contributed by atoms with E-state index in [0.29, 0.717) is 34.9 Å². The molecule has 0 unspecified atom stereocenters. The maximum Gasteiger partial charge on any atom is 0.216 e. The van der Waals surface area contributed by atoms with Gasteiger partial charge >= 0.3 is 0 Å². The number of fused-ring (bicyclic) bond motifs is 4. The van der Waals surface area contributed by atoms with E-state index in [2.05, 4.69) is 20.8 Å². The van der Waals surface area contributed by atoms with Gasteiger partial charge in [-0.2, -0.15) is 0 Å². The highest BCUT2D eigenvalue weighted by Gasteiger charge is 2.34. The average molecular weight is 534 g/mol. The Balaban J connectivity index is 1.46. The number of Topliss-reactive ketones (excluding diaryl/α,β-unsaturated/α-hetero) is 2. The molecule has 1 aromatic heterocycles. The molecule has 0 amide bonds. The fourth-order valence-electron chi connectivity index (χ4n) is 5.13. The van der Waals surface area contributed by atoms with Gasteiger partial charge in [0.25, 0.3) is 0 Å². The minimum atomic E-state index is -0.653. The first-order valence-corrected chi connectivity index (χ1v) is 13.1. The smallest absolute Gasteiger partial charge is 0.216 e. The van der Waals surface area contributed by atoms with E-state index in [0.717, 1.165) is 5.69 Å². The summed E-state index contributed by atoms with van der Waals surface area (Å²) in [7, 11) is 0. The molecule has 0 saturated carbocycles. The zero-order valence-electron chi connectivity index (χ0n) is 22.8. The number of nitrogens with zero attached hydrogens (tertiary/aromatic N) is 2. The summed E-state index contributed by atoms with van der Waals surface area (Å²) >= 11 is 0. The van der Waals surface area contributed by atoms with Gasteiger partial charge in [-0.05, 0) is 55.8 Å². The average Bonchev–Trinajstić information content (AvgIpc) is 3.43. The van der Waals surface area contributed by atoms with Crippen LogP contribution in [0, 0.1) is 11.2 Å². The second-order valence-corrected chi connectivity index (χ2v) is 10.6. The Bertz CT molecular complexity index is 1500. The van der Waals surface area contributed by atoms with Gasteiger partial charge in [0.05, 0.1) is 36.7 Å². The molecule has 3 aromatic rings. The number of hydrogen-bond donors (Lipinski definition) is 1. The number of carbonyl (C=O) groups excluding carboxylic acids is 2. The van der Waals surface area contributed by atoms with Crippen LogP contribution in [0.15, 0.2) is 36.4 Å². The van der Waals surface area contributed by atoms with E-state index in [1.54, 1.807) is 44.2 Å². The lowest BCUT2D eigenvalue weighted by molar-refractivity contribution is 0.0919. The molecule has 9 heteroatoms. The van der Waals surface area contributed by atoms with Crippen LogP contribution in [0.2, 0.25) is 0 Å². The molecule has 3 heterocycles. The Hall–Kier alpha value is -4.14. The number of halogens is 1. The maximum absolute atomic E-state index is 15.4. The quantitative estimate of drug-likeness (QED) is 0.414. The summed E-state index contributed by atoms with van der Waals surface area (Å²) in [4.78, 5) is 27.8. The summed E-state index contributed by atoms with van der Waals surface area (Å²) in [5.41, 5.74) is 2.87. The Morgan fingerprint density at radius 3 is 2.54 bits per heavy atom. The summed E-state index contributed by atoms with van der Waals surface area (Å²) in [6, 6.07) is 10.5. The van der Waals surface area contributed by atoms with Crippen LogP contribution in [0.4, 0.5) is 4.39 Å². The van der Waals surface area contributed by atoms with E-state index in [1.165, 1.54) is 4.90 Å². The van der Waals surface area contributed by atoms with Crippen LogP contribution in [-0.4, -0.2) is 53.2 Å². The van der Waals surface area contributed by atoms with Crippen molar-refractivity contribution in [1.82, 2.24) is 9.47 Å². The van der Waals surface area contributed by atoms with Gasteiger partial charge in [-0.15, -0.1) is 0 Å². The second kappa shape index (κ2) is 9.87. The van der Waals surface area contributed by atoms with Gasteiger partial charge < -0.3 is 23.7 Å². The standard InChI is InChI=1S/C30H32FN3O5/c1-6-37-24-13-18-14-33(29(32)26(18)27(31)28(24)38-7-2)15-21(35)17-8-10-23-20(12-17)34-19(22(36)16-39-23)9-11-25(34)30(3,4)5/h8-13,32H,6-7,14-16H2,1-5H3. The van der Waals surface area contributed by atoms with E-state index in [9.17, 15) is 9.59 Å². The third-order valence-electron chi connectivity index (χ3n) is 6.92. The number of carbonyl (C=O) groups is 2. The number of amidine groups is 1. The second-order valence-electron chi connectivity index (χ2n) is 10.6. The van der Waals surface area contributed by atoms with Gasteiger partial charge in [0.2, 0.25) is 5.78 Å². The highest BCUT2D eigenvalue weighted by molar-refractivity contribution is 6.06. The van der Waals surface area contributed by atoms with Crippen LogP contribution in [0.25, 0.3) is 5.69 Å². The zero-order valence-corrected chi connectivity index (χ0v) is 22.8. The molecule has 2 aliphatic rings. The molecule has 2 aliphatic heterocycles. The van der Waals surface area contributed by atoms with Crippen molar-refractivity contribution in [2.75, 3.05) is 26.4 Å². The first kappa shape index (κ1) is 26.5. The van der Waals surface area contributed by atoms with Gasteiger partial charge in [0.15, 0.2) is 29.7 Å². The Labute approximate surface area is 226 Å². The molecule has 0 spiro atoms. The van der Waals surface area contributed by atoms with Gasteiger partial charge in [-0.3, -0.25) is 15.0 Å². The number of ether oxygens (including phenoxy) is 3. The molecule has 0 fully saturated rings. The van der Waals surface area contributed by atoms with E-state index >= 15 is 4.39 Å². The molecule has 0 aliphatic carbocycles. The summed E-state index contributed by atoms with van der Waals surface area (Å²) in [5.74, 6) is -0.339. The highest BCUT2D eigenvalue weighted by atomic mass is 19.1. The van der Waals surface area contributed by atoms with Crippen molar-refractivity contribution in [2.24, 2.45) is 0 Å². The SMILES string of the molecule is CCOc1cc2c(c(F)c1OCC)C(=N)N(CC(=O)c1ccc3c(c1)-n1c(ccc1C(C)(C)C)C(=O)CO3)C2. The molecular formula is C30H32FN3O5. The van der Waals surface area contributed by atoms with Gasteiger partial charge in [-0.1, -0.05) is 20.8 Å². The Morgan fingerprint density at radius 2 is 1.85 bits per heavy atom. The lowest BCUT2D eigenvalue weighted by atomic mass is 9.92. The molecule has 2 aromatic carbocycles. The number of aromatic nitrogens is 1. The number of hydrogen-bond acceptors (Lipinski definition) is 6. The minimum absolute atomic E-state index is 0.0199. The summed E-state index contributed by atoms with van der Waals surface area (Å²) in [6.07, 6.45) is 0. The topological polar surface area (TPSA) is 93.9 Å². The van der Waals surface area contributed by atoms with E-state index in [-0.39, 0.29) is 66.2 Å². The lowest BCUT2D eigenvalue weighted by Gasteiger charge is -2.23. The van der Waals surface area contributed by atoms with Crippen LogP contribution < -0.4 is 14.2 Å². The summed E-state index contributed by atoms with van der Waals surface area (Å²) in [6.45, 7) is 10.3. The highest BCUT2D eigenvalue weighted by Crippen LogP contribution is 2.39. The van der Waals surface area contributed by atoms with Crippen molar-refractivity contribution >= 4 is 17.4 Å². The van der Waals surface area contributed by atoms with Crippen molar-refractivity contribution < 1.29 is 28.2 Å². The molecule has 1 N–H and O–H groups in total. The van der Waals surface area contributed by atoms with E-state index in [4.69, 9.17) is 19.6 Å². The lowest BCUT2D eigenvalue weighted by Crippen LogP contribution is -2.30. The van der Waals surface area contributed by atoms with Crippen LogP contribution in [0.1, 0.15) is 72.3 Å². The summed E-state index contributed by atoms with van der Waals surface area (Å²) in [5, 5.41) is 8.64. The van der Waals surface area contributed by atoms with Crippen molar-refractivity contribution in [3.8, 4) is 22.9 Å². The van der Waals surface area contributed by atoms with Crippen LogP contribution in [-0.2, 0) is 12.0 Å². The predicted molar refractivity (Wildman–Crippen MR) is 145 cm³/mol. The maximum atomic E-state index is 15.4. The van der Waals surface area contributed by atoms with Crippen LogP contribution >= 0.6 is 0 Å². The van der Waals surface area contributed by atoms with Crippen LogP contribution in [0.3, 0.4) is 0 Å². The fourth-order valence-corrected chi connectivity index (χ4v) is 5.13. The number of ketones is 2. The molecule has 5 rings (SSSR count). The van der Waals surface area contributed by atoms with Gasteiger partial charge in [0, 0.05) is 23.2 Å². The van der Waals surface area contributed by atoms with Gasteiger partial charge in [0.1, 0.15) is 11.6 Å². The first-order chi connectivity index (χ1) is 18.5. The molecule has 0 radical (unpaired) electrons. The van der Waals surface area contributed by atoms with E-state index < -0.39 is 5.82 Å². The third-order valence-corrected chi connectivity index (χ3v) is 6.92. The van der Waals surface area contributed by atoms with Crippen molar-refractivity contribution in [3.05, 3.63) is 70.3 Å². The number of rotatable bonds is 7. The molecule has 0 atom stereocenters. The Kier molecular flexibility index (Phi) is 6.70. The third kappa shape index (κ3) is 4.56. The molecule has 39 heavy (non-hydrogen) atoms. The zero-order chi connectivity index (χ0) is 28.1. The van der Waals surface area contributed by atoms with Crippen molar-refractivity contribution in [1.29, 1.82) is 5.41 Å². The van der Waals surface area contributed by atoms with E-state index in [1.807, 2.05) is 10.6 Å².